The standard InChI is InChI=1S/C21H24F3NO5/c1-20(19(28)29)12-14(18(26)27)5-7-15(20)13-6-8-17(16(11-13)21(22,23)24)30-10-4-9-25(2)3/h5-8,11H,4,9-10,12H2,1-3H3,(H,26,27)(H,28,29). The van der Waals surface area contributed by atoms with Crippen LogP contribution in [0.25, 0.3) is 5.57 Å². The van der Waals surface area contributed by atoms with E-state index in [-0.39, 0.29) is 35.5 Å². The number of carbonyl (C=O) groups is 2. The van der Waals surface area contributed by atoms with Gasteiger partial charge in [-0.2, -0.15) is 13.2 Å². The fourth-order valence-electron chi connectivity index (χ4n) is 3.26. The van der Waals surface area contributed by atoms with E-state index < -0.39 is 29.1 Å². The molecule has 164 valence electrons. The minimum absolute atomic E-state index is 0.0496. The van der Waals surface area contributed by atoms with Crippen molar-refractivity contribution in [1.29, 1.82) is 0 Å². The Morgan fingerprint density at radius 3 is 2.40 bits per heavy atom. The first kappa shape index (κ1) is 23.5. The van der Waals surface area contributed by atoms with E-state index in [0.717, 1.165) is 6.07 Å². The Hall–Kier alpha value is -2.81. The molecule has 0 aromatic heterocycles. The smallest absolute Gasteiger partial charge is 0.419 e. The Balaban J connectivity index is 2.46. The summed E-state index contributed by atoms with van der Waals surface area (Å²) in [5.41, 5.74) is -2.66. The van der Waals surface area contributed by atoms with Gasteiger partial charge in [0.2, 0.25) is 0 Å². The van der Waals surface area contributed by atoms with Gasteiger partial charge >= 0.3 is 18.1 Å². The second-order valence-corrected chi connectivity index (χ2v) is 7.61. The molecule has 9 heteroatoms. The molecule has 0 saturated heterocycles. The van der Waals surface area contributed by atoms with E-state index in [1.165, 1.54) is 31.2 Å². The third-order valence-corrected chi connectivity index (χ3v) is 4.94. The normalized spacial score (nSPS) is 19.3. The number of alkyl halides is 3. The Kier molecular flexibility index (Phi) is 6.97. The first-order valence-electron chi connectivity index (χ1n) is 9.23. The SMILES string of the molecule is CN(C)CCCOc1ccc(C2=CC=C(C(=O)O)CC2(C)C(=O)O)cc1C(F)(F)F. The summed E-state index contributed by atoms with van der Waals surface area (Å²) >= 11 is 0. The number of hydrogen-bond donors (Lipinski definition) is 2. The molecule has 1 atom stereocenters. The van der Waals surface area contributed by atoms with Gasteiger partial charge in [0.05, 0.1) is 17.6 Å². The highest BCUT2D eigenvalue weighted by Crippen LogP contribution is 2.46. The van der Waals surface area contributed by atoms with Gasteiger partial charge in [-0.3, -0.25) is 4.79 Å². The Morgan fingerprint density at radius 1 is 1.20 bits per heavy atom. The highest BCUT2D eigenvalue weighted by molar-refractivity contribution is 5.98. The van der Waals surface area contributed by atoms with E-state index >= 15 is 0 Å². The summed E-state index contributed by atoms with van der Waals surface area (Å²) in [4.78, 5) is 25.0. The molecule has 0 amide bonds. The molecule has 0 aliphatic heterocycles. The Morgan fingerprint density at radius 2 is 1.87 bits per heavy atom. The van der Waals surface area contributed by atoms with E-state index in [9.17, 15) is 33.0 Å². The van der Waals surface area contributed by atoms with Crippen LogP contribution in [0.4, 0.5) is 13.2 Å². The first-order valence-corrected chi connectivity index (χ1v) is 9.23. The fourth-order valence-corrected chi connectivity index (χ4v) is 3.26. The van der Waals surface area contributed by atoms with Crippen LogP contribution in [0.3, 0.4) is 0 Å². The van der Waals surface area contributed by atoms with E-state index in [1.807, 2.05) is 19.0 Å². The zero-order valence-corrected chi connectivity index (χ0v) is 16.9. The lowest BCUT2D eigenvalue weighted by Crippen LogP contribution is -2.32. The Bertz CT molecular complexity index is 889. The Labute approximate surface area is 172 Å². The maximum atomic E-state index is 13.6. The van der Waals surface area contributed by atoms with E-state index in [0.29, 0.717) is 13.0 Å². The molecule has 0 bridgehead atoms. The molecule has 0 saturated carbocycles. The number of allylic oxidation sites excluding steroid dienone is 2. The summed E-state index contributed by atoms with van der Waals surface area (Å²) in [6.45, 7) is 2.05. The monoisotopic (exact) mass is 427 g/mol. The minimum atomic E-state index is -4.70. The topological polar surface area (TPSA) is 87.1 Å². The van der Waals surface area contributed by atoms with Gasteiger partial charge in [0, 0.05) is 12.1 Å². The lowest BCUT2D eigenvalue weighted by molar-refractivity contribution is -0.144. The van der Waals surface area contributed by atoms with Gasteiger partial charge < -0.3 is 19.8 Å². The van der Waals surface area contributed by atoms with Gasteiger partial charge in [-0.05, 0) is 57.1 Å². The van der Waals surface area contributed by atoms with Crippen molar-refractivity contribution in [3.63, 3.8) is 0 Å². The van der Waals surface area contributed by atoms with Crippen molar-refractivity contribution in [1.82, 2.24) is 4.90 Å². The van der Waals surface area contributed by atoms with Gasteiger partial charge in [-0.1, -0.05) is 18.2 Å². The molecule has 2 N–H and O–H groups in total. The predicted molar refractivity (Wildman–Crippen MR) is 104 cm³/mol. The van der Waals surface area contributed by atoms with Crippen LogP contribution in [0.1, 0.15) is 30.9 Å². The molecule has 0 heterocycles. The first-order chi connectivity index (χ1) is 13.9. The summed E-state index contributed by atoms with van der Waals surface area (Å²) in [5, 5.41) is 18.9. The molecule has 0 fully saturated rings. The highest BCUT2D eigenvalue weighted by Gasteiger charge is 2.43. The number of halogens is 3. The third-order valence-electron chi connectivity index (χ3n) is 4.94. The van der Waals surface area contributed by atoms with Crippen molar-refractivity contribution in [2.24, 2.45) is 5.41 Å². The van der Waals surface area contributed by atoms with Gasteiger partial charge in [0.15, 0.2) is 0 Å². The zero-order valence-electron chi connectivity index (χ0n) is 16.9. The molecule has 1 aromatic rings. The molecule has 0 radical (unpaired) electrons. The zero-order chi connectivity index (χ0) is 22.7. The second-order valence-electron chi connectivity index (χ2n) is 7.61. The van der Waals surface area contributed by atoms with Crippen LogP contribution in [-0.4, -0.2) is 54.3 Å². The van der Waals surface area contributed by atoms with Crippen LogP contribution in [0.15, 0.2) is 35.9 Å². The van der Waals surface area contributed by atoms with Gasteiger partial charge in [-0.15, -0.1) is 0 Å². The summed E-state index contributed by atoms with van der Waals surface area (Å²) in [6.07, 6.45) is -2.02. The fraction of sp³-hybridized carbons (Fsp3) is 0.429. The van der Waals surface area contributed by atoms with E-state index in [1.54, 1.807) is 0 Å². The molecule has 30 heavy (non-hydrogen) atoms. The van der Waals surface area contributed by atoms with Crippen LogP contribution < -0.4 is 4.74 Å². The molecular weight excluding hydrogens is 403 g/mol. The molecule has 0 spiro atoms. The molecule has 6 nitrogen and oxygen atoms in total. The lowest BCUT2D eigenvalue weighted by Gasteiger charge is -2.31. The van der Waals surface area contributed by atoms with Gasteiger partial charge in [0.1, 0.15) is 5.75 Å². The maximum Gasteiger partial charge on any atom is 0.419 e. The van der Waals surface area contributed by atoms with Crippen molar-refractivity contribution >= 4 is 17.5 Å². The van der Waals surface area contributed by atoms with Crippen LogP contribution in [0, 0.1) is 5.41 Å². The lowest BCUT2D eigenvalue weighted by atomic mass is 9.71. The summed E-state index contributed by atoms with van der Waals surface area (Å²) in [5.74, 6) is -2.92. The second kappa shape index (κ2) is 8.91. The van der Waals surface area contributed by atoms with Crippen LogP contribution in [0.2, 0.25) is 0 Å². The molecular formula is C21H24F3NO5. The van der Waals surface area contributed by atoms with Crippen LogP contribution in [0.5, 0.6) is 5.75 Å². The van der Waals surface area contributed by atoms with Crippen molar-refractivity contribution in [2.75, 3.05) is 27.2 Å². The summed E-state index contributed by atoms with van der Waals surface area (Å²) in [6, 6.07) is 3.39. The summed E-state index contributed by atoms with van der Waals surface area (Å²) < 4.78 is 46.2. The van der Waals surface area contributed by atoms with Gasteiger partial charge in [-0.25, -0.2) is 4.79 Å². The molecule has 1 aliphatic carbocycles. The number of ether oxygens (including phenoxy) is 1. The molecule has 1 unspecified atom stereocenters. The van der Waals surface area contributed by atoms with Gasteiger partial charge in [0.25, 0.3) is 0 Å². The van der Waals surface area contributed by atoms with E-state index in [4.69, 9.17) is 4.74 Å². The number of carboxylic acids is 2. The molecule has 1 aliphatic rings. The van der Waals surface area contributed by atoms with Crippen LogP contribution >= 0.6 is 0 Å². The number of hydrogen-bond acceptors (Lipinski definition) is 4. The predicted octanol–water partition coefficient (Wildman–Crippen LogP) is 3.92. The minimum Gasteiger partial charge on any atom is -0.493 e. The van der Waals surface area contributed by atoms with Crippen molar-refractivity contribution in [2.45, 2.75) is 25.9 Å². The quantitative estimate of drug-likeness (QED) is 0.612. The summed E-state index contributed by atoms with van der Waals surface area (Å²) in [7, 11) is 3.69. The average Bonchev–Trinajstić information content (AvgIpc) is 2.64. The number of benzene rings is 1. The molecule has 1 aromatic carbocycles. The van der Waals surface area contributed by atoms with Crippen molar-refractivity contribution < 1.29 is 37.7 Å². The number of carboxylic acid groups (broad SMARTS) is 2. The number of rotatable bonds is 8. The van der Waals surface area contributed by atoms with Crippen molar-refractivity contribution in [3.8, 4) is 5.75 Å². The third kappa shape index (κ3) is 5.21. The maximum absolute atomic E-state index is 13.6. The largest absolute Gasteiger partial charge is 0.493 e. The van der Waals surface area contributed by atoms with Crippen LogP contribution in [-0.2, 0) is 15.8 Å². The number of aliphatic carboxylic acids is 2. The van der Waals surface area contributed by atoms with E-state index in [2.05, 4.69) is 0 Å². The highest BCUT2D eigenvalue weighted by atomic mass is 19.4. The number of nitrogens with zero attached hydrogens (tertiary/aromatic N) is 1. The molecule has 2 rings (SSSR count). The van der Waals surface area contributed by atoms with Crippen molar-refractivity contribution in [3.05, 3.63) is 47.1 Å². The average molecular weight is 427 g/mol.